The lowest BCUT2D eigenvalue weighted by atomic mass is 10.2. The average molecular weight is 320 g/mol. The highest BCUT2D eigenvalue weighted by Crippen LogP contribution is 2.30. The van der Waals surface area contributed by atoms with E-state index < -0.39 is 10.8 Å². The smallest absolute Gasteiger partial charge is 0.0604 e. The summed E-state index contributed by atoms with van der Waals surface area (Å²) in [5, 5.41) is 4.72. The molecule has 2 rings (SSSR count). The van der Waals surface area contributed by atoms with Crippen LogP contribution in [-0.2, 0) is 10.8 Å². The van der Waals surface area contributed by atoms with Gasteiger partial charge in [0.15, 0.2) is 0 Å². The summed E-state index contributed by atoms with van der Waals surface area (Å²) in [4.78, 5) is 0.788. The largest absolute Gasteiger partial charge is 0.314 e. The van der Waals surface area contributed by atoms with Gasteiger partial charge in [-0.1, -0.05) is 30.1 Å². The number of nitrogens with one attached hydrogen (secondary N) is 1. The third-order valence-corrected chi connectivity index (χ3v) is 5.98. The van der Waals surface area contributed by atoms with Gasteiger partial charge in [0.25, 0.3) is 0 Å². The van der Waals surface area contributed by atoms with Gasteiger partial charge >= 0.3 is 0 Å². The molecule has 0 aliphatic heterocycles. The molecule has 1 saturated carbocycles. The molecule has 1 aliphatic rings. The minimum atomic E-state index is -0.987. The van der Waals surface area contributed by atoms with Crippen molar-refractivity contribution in [3.05, 3.63) is 28.2 Å². The molecule has 0 saturated heterocycles. The first-order chi connectivity index (χ1) is 9.11. The third kappa shape index (κ3) is 3.94. The summed E-state index contributed by atoms with van der Waals surface area (Å²) in [5.41, 5.74) is 0. The van der Waals surface area contributed by atoms with Crippen LogP contribution >= 0.6 is 23.2 Å². The molecule has 3 unspecified atom stereocenters. The molecular weight excluding hydrogens is 301 g/mol. The predicted molar refractivity (Wildman–Crippen MR) is 82.6 cm³/mol. The zero-order valence-corrected chi connectivity index (χ0v) is 13.3. The van der Waals surface area contributed by atoms with Crippen LogP contribution in [0.3, 0.4) is 0 Å². The van der Waals surface area contributed by atoms with Crippen molar-refractivity contribution >= 4 is 34.0 Å². The molecule has 5 heteroatoms. The first-order valence-electron chi connectivity index (χ1n) is 6.70. The molecule has 1 aliphatic carbocycles. The van der Waals surface area contributed by atoms with Gasteiger partial charge in [0, 0.05) is 16.2 Å². The fraction of sp³-hybridized carbons (Fsp3) is 0.571. The molecule has 1 aromatic rings. The van der Waals surface area contributed by atoms with Gasteiger partial charge in [-0.3, -0.25) is 4.21 Å². The van der Waals surface area contributed by atoms with E-state index in [4.69, 9.17) is 23.2 Å². The Labute approximate surface area is 127 Å². The Morgan fingerprint density at radius 3 is 2.79 bits per heavy atom. The highest BCUT2D eigenvalue weighted by molar-refractivity contribution is 7.85. The molecule has 0 radical (unpaired) electrons. The fourth-order valence-electron chi connectivity index (χ4n) is 2.46. The van der Waals surface area contributed by atoms with Gasteiger partial charge in [-0.2, -0.15) is 0 Å². The number of halogens is 2. The fourth-order valence-corrected chi connectivity index (χ4v) is 4.40. The van der Waals surface area contributed by atoms with Gasteiger partial charge in [-0.25, -0.2) is 0 Å². The van der Waals surface area contributed by atoms with Crippen molar-refractivity contribution in [3.8, 4) is 0 Å². The summed E-state index contributed by atoms with van der Waals surface area (Å²) in [6, 6.07) is 5.78. The second-order valence-electron chi connectivity index (χ2n) is 4.96. The number of hydrogen-bond donors (Lipinski definition) is 1. The Balaban J connectivity index is 1.99. The summed E-state index contributed by atoms with van der Waals surface area (Å²) < 4.78 is 12.5. The van der Waals surface area contributed by atoms with Crippen LogP contribution in [0.4, 0.5) is 0 Å². The maximum absolute atomic E-state index is 12.5. The molecule has 0 aromatic heterocycles. The molecule has 0 amide bonds. The second kappa shape index (κ2) is 7.07. The number of hydrogen-bond acceptors (Lipinski definition) is 2. The van der Waals surface area contributed by atoms with E-state index in [1.54, 1.807) is 12.1 Å². The highest BCUT2D eigenvalue weighted by atomic mass is 35.5. The Bertz CT molecular complexity index is 467. The Hall–Kier alpha value is -0.0900. The molecule has 1 fully saturated rings. The van der Waals surface area contributed by atoms with Crippen molar-refractivity contribution in [2.75, 3.05) is 6.54 Å². The lowest BCUT2D eigenvalue weighted by molar-refractivity contribution is 0.523. The van der Waals surface area contributed by atoms with E-state index in [1.807, 2.05) is 6.07 Å². The minimum absolute atomic E-state index is 0.228. The monoisotopic (exact) mass is 319 g/mol. The van der Waals surface area contributed by atoms with Crippen molar-refractivity contribution in [2.24, 2.45) is 0 Å². The molecule has 1 N–H and O–H groups in total. The maximum Gasteiger partial charge on any atom is 0.0604 e. The van der Waals surface area contributed by atoms with E-state index in [-0.39, 0.29) is 5.25 Å². The van der Waals surface area contributed by atoms with E-state index in [9.17, 15) is 4.21 Å². The zero-order chi connectivity index (χ0) is 13.8. The van der Waals surface area contributed by atoms with Crippen molar-refractivity contribution in [1.29, 1.82) is 0 Å². The standard InChI is InChI=1S/C14H19Cl2NOS/c1-2-7-17-10-3-4-11(8-10)19(18)12-5-6-13(15)14(16)9-12/h5-6,9-11,17H,2-4,7-8H2,1H3. The van der Waals surface area contributed by atoms with Gasteiger partial charge in [-0.05, 0) is 50.4 Å². The van der Waals surface area contributed by atoms with Gasteiger partial charge in [0.1, 0.15) is 0 Å². The van der Waals surface area contributed by atoms with Crippen LogP contribution in [0, 0.1) is 0 Å². The van der Waals surface area contributed by atoms with E-state index in [0.29, 0.717) is 16.1 Å². The SMILES string of the molecule is CCCNC1CCC(S(=O)c2ccc(Cl)c(Cl)c2)C1. The van der Waals surface area contributed by atoms with Crippen LogP contribution < -0.4 is 5.32 Å². The lowest BCUT2D eigenvalue weighted by Crippen LogP contribution is -2.28. The molecule has 106 valence electrons. The lowest BCUT2D eigenvalue weighted by Gasteiger charge is -2.13. The molecule has 0 bridgehead atoms. The van der Waals surface area contributed by atoms with Gasteiger partial charge < -0.3 is 5.32 Å². The van der Waals surface area contributed by atoms with Crippen LogP contribution in [0.25, 0.3) is 0 Å². The summed E-state index contributed by atoms with van der Waals surface area (Å²) in [5.74, 6) is 0. The van der Waals surface area contributed by atoms with Crippen LogP contribution in [0.1, 0.15) is 32.6 Å². The molecule has 1 aromatic carbocycles. The Morgan fingerprint density at radius 1 is 1.32 bits per heavy atom. The summed E-state index contributed by atoms with van der Waals surface area (Å²) >= 11 is 11.9. The Morgan fingerprint density at radius 2 is 2.11 bits per heavy atom. The van der Waals surface area contributed by atoms with Crippen LogP contribution in [0.15, 0.2) is 23.1 Å². The Kier molecular flexibility index (Phi) is 5.70. The molecule has 2 nitrogen and oxygen atoms in total. The number of rotatable bonds is 5. The van der Waals surface area contributed by atoms with Crippen LogP contribution in [-0.4, -0.2) is 22.0 Å². The summed E-state index contributed by atoms with van der Waals surface area (Å²) in [6.45, 7) is 3.20. The first-order valence-corrected chi connectivity index (χ1v) is 8.67. The predicted octanol–water partition coefficient (Wildman–Crippen LogP) is 4.02. The van der Waals surface area contributed by atoms with Crippen molar-refractivity contribution in [3.63, 3.8) is 0 Å². The maximum atomic E-state index is 12.5. The molecular formula is C14H19Cl2NOS. The van der Waals surface area contributed by atoms with Crippen molar-refractivity contribution < 1.29 is 4.21 Å². The van der Waals surface area contributed by atoms with Crippen molar-refractivity contribution in [2.45, 2.75) is 48.8 Å². The molecule has 0 spiro atoms. The first kappa shape index (κ1) is 15.3. The van der Waals surface area contributed by atoms with Crippen molar-refractivity contribution in [1.82, 2.24) is 5.32 Å². The zero-order valence-electron chi connectivity index (χ0n) is 11.0. The van der Waals surface area contributed by atoms with Crippen LogP contribution in [0.5, 0.6) is 0 Å². The average Bonchev–Trinajstić information content (AvgIpc) is 2.87. The van der Waals surface area contributed by atoms with Gasteiger partial charge in [0.2, 0.25) is 0 Å². The van der Waals surface area contributed by atoms with Gasteiger partial charge in [-0.15, -0.1) is 0 Å². The topological polar surface area (TPSA) is 29.1 Å². The second-order valence-corrected chi connectivity index (χ2v) is 7.51. The number of benzene rings is 1. The highest BCUT2D eigenvalue weighted by Gasteiger charge is 2.29. The van der Waals surface area contributed by atoms with E-state index in [1.165, 1.54) is 0 Å². The normalized spacial score (nSPS) is 24.6. The minimum Gasteiger partial charge on any atom is -0.314 e. The van der Waals surface area contributed by atoms with Gasteiger partial charge in [0.05, 0.1) is 20.8 Å². The molecule has 19 heavy (non-hydrogen) atoms. The summed E-state index contributed by atoms with van der Waals surface area (Å²) in [6.07, 6.45) is 4.23. The molecule has 0 heterocycles. The van der Waals surface area contributed by atoms with E-state index >= 15 is 0 Å². The molecule has 3 atom stereocenters. The third-order valence-electron chi connectivity index (χ3n) is 3.49. The van der Waals surface area contributed by atoms with E-state index in [0.717, 1.165) is 37.1 Å². The van der Waals surface area contributed by atoms with E-state index in [2.05, 4.69) is 12.2 Å². The summed E-state index contributed by atoms with van der Waals surface area (Å²) in [7, 11) is -0.987. The van der Waals surface area contributed by atoms with Crippen LogP contribution in [0.2, 0.25) is 10.0 Å². The quantitative estimate of drug-likeness (QED) is 0.888.